The van der Waals surface area contributed by atoms with E-state index >= 15 is 0 Å². The molecule has 0 fully saturated rings. The monoisotopic (exact) mass is 280 g/mol. The van der Waals surface area contributed by atoms with Crippen LogP contribution in [0.1, 0.15) is 5.69 Å². The van der Waals surface area contributed by atoms with Crippen LogP contribution < -0.4 is 4.74 Å². The van der Waals surface area contributed by atoms with Crippen molar-refractivity contribution in [3.63, 3.8) is 0 Å². The minimum atomic E-state index is -0.983. The van der Waals surface area contributed by atoms with Gasteiger partial charge in [-0.3, -0.25) is 0 Å². The summed E-state index contributed by atoms with van der Waals surface area (Å²) >= 11 is 4.48. The lowest BCUT2D eigenvalue weighted by molar-refractivity contribution is 0.153. The Hall–Kier alpha value is -0.820. The number of rotatable bonds is 3. The molecule has 1 heterocycles. The maximum Gasteiger partial charge on any atom is 0.407 e. The van der Waals surface area contributed by atoms with E-state index < -0.39 is 6.09 Å². The molecule has 0 spiro atoms. The van der Waals surface area contributed by atoms with Crippen molar-refractivity contribution >= 4 is 33.6 Å². The predicted molar refractivity (Wildman–Crippen MR) is 55.9 cm³/mol. The van der Waals surface area contributed by atoms with Gasteiger partial charge in [0.15, 0.2) is 0 Å². The van der Waals surface area contributed by atoms with Crippen molar-refractivity contribution in [1.82, 2.24) is 9.27 Å². The summed E-state index contributed by atoms with van der Waals surface area (Å²) in [5.74, 6) is 0. The standard InChI is InChI=1S/C7H9BrN2O3S/c1-10(7(11)12)3-4-5(8)6(13-2)14-9-4/h3H2,1-2H3,(H,11,12). The van der Waals surface area contributed by atoms with Crippen molar-refractivity contribution in [2.45, 2.75) is 6.54 Å². The molecule has 1 amide bonds. The first-order chi connectivity index (χ1) is 6.56. The molecule has 5 nitrogen and oxygen atoms in total. The van der Waals surface area contributed by atoms with Crippen LogP contribution >= 0.6 is 27.5 Å². The molecule has 7 heteroatoms. The van der Waals surface area contributed by atoms with Gasteiger partial charge < -0.3 is 14.7 Å². The quantitative estimate of drug-likeness (QED) is 0.920. The highest BCUT2D eigenvalue weighted by molar-refractivity contribution is 9.10. The van der Waals surface area contributed by atoms with Gasteiger partial charge in [0, 0.05) is 18.6 Å². The number of aromatic nitrogens is 1. The van der Waals surface area contributed by atoms with Crippen LogP contribution in [0.5, 0.6) is 5.06 Å². The van der Waals surface area contributed by atoms with E-state index in [1.54, 1.807) is 7.11 Å². The molecule has 0 atom stereocenters. The summed E-state index contributed by atoms with van der Waals surface area (Å²) in [6, 6.07) is 0. The maximum absolute atomic E-state index is 10.5. The summed E-state index contributed by atoms with van der Waals surface area (Å²) in [5, 5.41) is 9.30. The molecule has 0 saturated carbocycles. The number of carboxylic acid groups (broad SMARTS) is 1. The summed E-state index contributed by atoms with van der Waals surface area (Å²) in [5.41, 5.74) is 0.664. The molecule has 14 heavy (non-hydrogen) atoms. The van der Waals surface area contributed by atoms with Gasteiger partial charge in [-0.25, -0.2) is 4.79 Å². The SMILES string of the molecule is COc1snc(CN(C)C(=O)O)c1Br. The largest absolute Gasteiger partial charge is 0.485 e. The Labute approximate surface area is 93.6 Å². The minimum absolute atomic E-state index is 0.246. The van der Waals surface area contributed by atoms with Crippen molar-refractivity contribution in [2.24, 2.45) is 0 Å². The molecular formula is C7H9BrN2O3S. The molecule has 0 unspecified atom stereocenters. The van der Waals surface area contributed by atoms with Gasteiger partial charge >= 0.3 is 6.09 Å². The highest BCUT2D eigenvalue weighted by atomic mass is 79.9. The van der Waals surface area contributed by atoms with Crippen molar-refractivity contribution in [3.05, 3.63) is 10.2 Å². The van der Waals surface area contributed by atoms with E-state index in [9.17, 15) is 4.79 Å². The molecule has 0 aliphatic rings. The third-order valence-electron chi connectivity index (χ3n) is 1.57. The van der Waals surface area contributed by atoms with Gasteiger partial charge in [-0.05, 0) is 15.9 Å². The van der Waals surface area contributed by atoms with E-state index in [-0.39, 0.29) is 6.54 Å². The number of nitrogens with zero attached hydrogens (tertiary/aromatic N) is 2. The van der Waals surface area contributed by atoms with Crippen LogP contribution in [0.4, 0.5) is 4.79 Å². The number of ether oxygens (including phenoxy) is 1. The van der Waals surface area contributed by atoms with E-state index in [4.69, 9.17) is 9.84 Å². The van der Waals surface area contributed by atoms with Crippen LogP contribution in [0.3, 0.4) is 0 Å². The van der Waals surface area contributed by atoms with Crippen molar-refractivity contribution in [2.75, 3.05) is 14.2 Å². The fraction of sp³-hybridized carbons (Fsp3) is 0.429. The van der Waals surface area contributed by atoms with E-state index in [1.807, 2.05) is 0 Å². The predicted octanol–water partition coefficient (Wildman–Crippen LogP) is 2.02. The second-order valence-corrected chi connectivity index (χ2v) is 4.10. The topological polar surface area (TPSA) is 62.7 Å². The van der Waals surface area contributed by atoms with Crippen molar-refractivity contribution in [1.29, 1.82) is 0 Å². The summed E-state index contributed by atoms with van der Waals surface area (Å²) in [6.07, 6.45) is -0.983. The van der Waals surface area contributed by atoms with E-state index in [1.165, 1.54) is 18.6 Å². The third-order valence-corrected chi connectivity index (χ3v) is 3.50. The summed E-state index contributed by atoms with van der Waals surface area (Å²) < 4.78 is 9.81. The molecule has 0 radical (unpaired) electrons. The number of amides is 1. The summed E-state index contributed by atoms with van der Waals surface area (Å²) in [6.45, 7) is 0.246. The molecule has 1 N–H and O–H groups in total. The van der Waals surface area contributed by atoms with E-state index in [0.717, 1.165) is 9.37 Å². The Balaban J connectivity index is 2.77. The lowest BCUT2D eigenvalue weighted by Gasteiger charge is -2.10. The van der Waals surface area contributed by atoms with Crippen molar-refractivity contribution < 1.29 is 14.6 Å². The third kappa shape index (κ3) is 2.36. The van der Waals surface area contributed by atoms with Gasteiger partial charge in [-0.15, -0.1) is 0 Å². The zero-order chi connectivity index (χ0) is 10.7. The molecule has 0 aliphatic heterocycles. The molecule has 0 saturated heterocycles. The highest BCUT2D eigenvalue weighted by Gasteiger charge is 2.15. The van der Waals surface area contributed by atoms with Gasteiger partial charge in [0.2, 0.25) is 5.06 Å². The smallest absolute Gasteiger partial charge is 0.407 e. The van der Waals surface area contributed by atoms with Crippen LogP contribution in [-0.4, -0.2) is 34.6 Å². The van der Waals surface area contributed by atoms with Crippen LogP contribution in [0, 0.1) is 0 Å². The normalized spacial score (nSPS) is 9.93. The number of hydrogen-bond acceptors (Lipinski definition) is 4. The maximum atomic E-state index is 10.5. The summed E-state index contributed by atoms with van der Waals surface area (Å²) in [4.78, 5) is 11.7. The van der Waals surface area contributed by atoms with Crippen LogP contribution in [-0.2, 0) is 6.54 Å². The van der Waals surface area contributed by atoms with Gasteiger partial charge in [0.25, 0.3) is 0 Å². The second-order valence-electron chi connectivity index (χ2n) is 2.57. The zero-order valence-electron chi connectivity index (χ0n) is 7.65. The Bertz CT molecular complexity index is 342. The molecule has 0 aromatic carbocycles. The van der Waals surface area contributed by atoms with Crippen LogP contribution in [0.25, 0.3) is 0 Å². The average molecular weight is 281 g/mol. The number of carbonyl (C=O) groups is 1. The first-order valence-electron chi connectivity index (χ1n) is 3.68. The molecular weight excluding hydrogens is 272 g/mol. The van der Waals surface area contributed by atoms with Gasteiger partial charge in [0.1, 0.15) is 0 Å². The van der Waals surface area contributed by atoms with Crippen LogP contribution in [0.2, 0.25) is 0 Å². The van der Waals surface area contributed by atoms with Gasteiger partial charge in [-0.2, -0.15) is 4.37 Å². The summed E-state index contributed by atoms with van der Waals surface area (Å²) in [7, 11) is 3.03. The minimum Gasteiger partial charge on any atom is -0.485 e. The molecule has 1 aromatic rings. The fourth-order valence-corrected chi connectivity index (χ4v) is 2.14. The van der Waals surface area contributed by atoms with Gasteiger partial charge in [0.05, 0.1) is 23.8 Å². The Morgan fingerprint density at radius 3 is 2.86 bits per heavy atom. The van der Waals surface area contributed by atoms with Crippen LogP contribution in [0.15, 0.2) is 4.47 Å². The highest BCUT2D eigenvalue weighted by Crippen LogP contribution is 2.32. The van der Waals surface area contributed by atoms with E-state index in [2.05, 4.69) is 20.3 Å². The first-order valence-corrected chi connectivity index (χ1v) is 5.25. The average Bonchev–Trinajstić information content (AvgIpc) is 2.47. The lowest BCUT2D eigenvalue weighted by Crippen LogP contribution is -2.24. The molecule has 0 aliphatic carbocycles. The van der Waals surface area contributed by atoms with Gasteiger partial charge in [-0.1, -0.05) is 0 Å². The number of methoxy groups -OCH3 is 1. The Kier molecular flexibility index (Phi) is 3.70. The number of halogens is 1. The van der Waals surface area contributed by atoms with Crippen molar-refractivity contribution in [3.8, 4) is 5.06 Å². The molecule has 0 bridgehead atoms. The van der Waals surface area contributed by atoms with E-state index in [0.29, 0.717) is 10.8 Å². The molecule has 1 aromatic heterocycles. The first kappa shape index (κ1) is 11.3. The second kappa shape index (κ2) is 4.61. The Morgan fingerprint density at radius 1 is 1.79 bits per heavy atom. The number of hydrogen-bond donors (Lipinski definition) is 1. The zero-order valence-corrected chi connectivity index (χ0v) is 10.1. The Morgan fingerprint density at radius 2 is 2.43 bits per heavy atom. The lowest BCUT2D eigenvalue weighted by atomic mass is 10.4. The fourth-order valence-electron chi connectivity index (χ4n) is 0.812. The molecule has 78 valence electrons. The molecule has 1 rings (SSSR count).